The molecule has 24 heavy (non-hydrogen) atoms. The zero-order valence-electron chi connectivity index (χ0n) is 16.2. The van der Waals surface area contributed by atoms with Gasteiger partial charge in [-0.25, -0.2) is 0 Å². The van der Waals surface area contributed by atoms with Gasteiger partial charge >= 0.3 is 0 Å². The molecule has 8 atom stereocenters. The van der Waals surface area contributed by atoms with Gasteiger partial charge in [0.2, 0.25) is 0 Å². The summed E-state index contributed by atoms with van der Waals surface area (Å²) < 4.78 is 0. The summed E-state index contributed by atoms with van der Waals surface area (Å²) in [5.74, 6) is 5.40. The van der Waals surface area contributed by atoms with Gasteiger partial charge in [-0.05, 0) is 112 Å². The van der Waals surface area contributed by atoms with Crippen LogP contribution in [0.25, 0.3) is 0 Å². The van der Waals surface area contributed by atoms with Crippen molar-refractivity contribution in [2.75, 3.05) is 0 Å². The minimum atomic E-state index is -0.338. The van der Waals surface area contributed by atoms with Gasteiger partial charge in [0, 0.05) is 0 Å². The monoisotopic (exact) mass is 330 g/mol. The molecule has 1 nitrogen and oxygen atoms in total. The lowest BCUT2D eigenvalue weighted by atomic mass is 9.48. The number of hydrogen-bond acceptors (Lipinski definition) is 1. The quantitative estimate of drug-likeness (QED) is 0.618. The number of hydrogen-bond donors (Lipinski definition) is 1. The molecule has 1 N–H and O–H groups in total. The number of fused-ring (bicyclic) bond motifs is 5. The fraction of sp³-hybridized carbons (Fsp3) is 0.913. The van der Waals surface area contributed by atoms with E-state index in [1.54, 1.807) is 0 Å². The second-order valence-electron chi connectivity index (χ2n) is 10.3. The van der Waals surface area contributed by atoms with Crippen LogP contribution in [0.1, 0.15) is 85.0 Å². The highest BCUT2D eigenvalue weighted by Crippen LogP contribution is 2.65. The van der Waals surface area contributed by atoms with E-state index in [4.69, 9.17) is 0 Å². The lowest BCUT2D eigenvalue weighted by Crippen LogP contribution is -2.50. The van der Waals surface area contributed by atoms with Gasteiger partial charge in [-0.2, -0.15) is 0 Å². The zero-order chi connectivity index (χ0) is 17.1. The van der Waals surface area contributed by atoms with Crippen molar-refractivity contribution in [3.05, 3.63) is 12.2 Å². The van der Waals surface area contributed by atoms with Crippen LogP contribution in [0.3, 0.4) is 0 Å². The molecule has 0 amide bonds. The molecule has 4 saturated carbocycles. The second kappa shape index (κ2) is 5.86. The van der Waals surface area contributed by atoms with Crippen molar-refractivity contribution in [1.29, 1.82) is 0 Å². The van der Waals surface area contributed by atoms with Gasteiger partial charge in [0.25, 0.3) is 0 Å². The first-order valence-electron chi connectivity index (χ1n) is 10.8. The molecule has 1 heteroatoms. The van der Waals surface area contributed by atoms with Crippen LogP contribution in [0.15, 0.2) is 12.2 Å². The predicted octanol–water partition coefficient (Wildman–Crippen LogP) is 5.97. The third kappa shape index (κ3) is 2.44. The minimum absolute atomic E-state index is 0.338. The van der Waals surface area contributed by atoms with Crippen molar-refractivity contribution >= 4 is 0 Å². The number of rotatable bonds is 2. The molecule has 0 aliphatic heterocycles. The Morgan fingerprint density at radius 1 is 1.00 bits per heavy atom. The molecule has 136 valence electrons. The number of aliphatic hydroxyl groups is 1. The Kier molecular flexibility index (Phi) is 4.18. The first-order chi connectivity index (χ1) is 11.4. The van der Waals surface area contributed by atoms with Crippen LogP contribution in [0, 0.1) is 40.9 Å². The van der Waals surface area contributed by atoms with Gasteiger partial charge in [0.15, 0.2) is 0 Å². The summed E-state index contributed by atoms with van der Waals surface area (Å²) in [5, 5.41) is 10.8. The van der Waals surface area contributed by atoms with E-state index >= 15 is 0 Å². The molecule has 0 bridgehead atoms. The van der Waals surface area contributed by atoms with Crippen molar-refractivity contribution in [3.8, 4) is 0 Å². The van der Waals surface area contributed by atoms with Crippen LogP contribution in [-0.4, -0.2) is 10.7 Å². The smallest absolute Gasteiger partial charge is 0.0648 e. The molecular formula is C23H38O. The van der Waals surface area contributed by atoms with Gasteiger partial charge < -0.3 is 5.11 Å². The number of allylic oxidation sites excluding steroid dienone is 1. The summed E-state index contributed by atoms with van der Waals surface area (Å²) in [6, 6.07) is 0. The van der Waals surface area contributed by atoms with E-state index in [9.17, 15) is 5.11 Å². The van der Waals surface area contributed by atoms with E-state index in [-0.39, 0.29) is 5.60 Å². The zero-order valence-corrected chi connectivity index (χ0v) is 16.2. The molecule has 0 saturated heterocycles. The van der Waals surface area contributed by atoms with E-state index in [0.717, 1.165) is 54.8 Å². The Labute approximate surface area is 149 Å². The standard InChI is InChI=1S/C23H38O/c1-5-23(24)13-11-17-16(14-23)6-7-19-18(17)10-12-22(4)20(15(2)3)8-9-21(19)22/h16-21,24H,2,5-14H2,1,3-4H3/t16-,17+,18-,19-,20-,21+,22-,23-/m1/s1. The normalized spacial score (nSPS) is 53.8. The first kappa shape index (κ1) is 17.1. The van der Waals surface area contributed by atoms with Crippen molar-refractivity contribution < 1.29 is 5.11 Å². The molecule has 0 aromatic rings. The summed E-state index contributed by atoms with van der Waals surface area (Å²) in [5.41, 5.74) is 1.65. The van der Waals surface area contributed by atoms with Crippen LogP contribution in [0.5, 0.6) is 0 Å². The van der Waals surface area contributed by atoms with Crippen LogP contribution < -0.4 is 0 Å². The molecule has 0 heterocycles. The maximum atomic E-state index is 10.8. The van der Waals surface area contributed by atoms with E-state index in [2.05, 4.69) is 27.4 Å². The van der Waals surface area contributed by atoms with Crippen molar-refractivity contribution in [3.63, 3.8) is 0 Å². The summed E-state index contributed by atoms with van der Waals surface area (Å²) in [6.07, 6.45) is 12.9. The molecule has 0 radical (unpaired) electrons. The topological polar surface area (TPSA) is 20.2 Å². The molecular weight excluding hydrogens is 292 g/mol. The summed E-state index contributed by atoms with van der Waals surface area (Å²) in [6.45, 7) is 11.4. The lowest BCUT2D eigenvalue weighted by molar-refractivity contribution is -0.105. The van der Waals surface area contributed by atoms with E-state index in [1.807, 2.05) is 0 Å². The highest BCUT2D eigenvalue weighted by molar-refractivity contribution is 5.14. The molecule has 0 aromatic heterocycles. The summed E-state index contributed by atoms with van der Waals surface area (Å²) in [7, 11) is 0. The molecule has 0 spiro atoms. The Hall–Kier alpha value is -0.300. The van der Waals surface area contributed by atoms with Crippen molar-refractivity contribution in [2.45, 2.75) is 90.6 Å². The lowest BCUT2D eigenvalue weighted by Gasteiger charge is -2.57. The first-order valence-corrected chi connectivity index (χ1v) is 10.8. The predicted molar refractivity (Wildman–Crippen MR) is 101 cm³/mol. The molecule has 4 aliphatic carbocycles. The minimum Gasteiger partial charge on any atom is -0.390 e. The third-order valence-corrected chi connectivity index (χ3v) is 9.36. The summed E-state index contributed by atoms with van der Waals surface area (Å²) in [4.78, 5) is 0. The fourth-order valence-corrected chi connectivity index (χ4v) is 8.09. The van der Waals surface area contributed by atoms with Crippen LogP contribution in [0.2, 0.25) is 0 Å². The van der Waals surface area contributed by atoms with Crippen LogP contribution >= 0.6 is 0 Å². The van der Waals surface area contributed by atoms with E-state index in [0.29, 0.717) is 5.41 Å². The Balaban J connectivity index is 1.54. The maximum Gasteiger partial charge on any atom is 0.0648 e. The molecule has 4 rings (SSSR count). The Morgan fingerprint density at radius 3 is 2.46 bits per heavy atom. The average Bonchev–Trinajstić information content (AvgIpc) is 2.91. The van der Waals surface area contributed by atoms with Gasteiger partial charge in [-0.3, -0.25) is 0 Å². The van der Waals surface area contributed by atoms with Crippen LogP contribution in [0.4, 0.5) is 0 Å². The highest BCUT2D eigenvalue weighted by atomic mass is 16.3. The SMILES string of the molecule is C=C(C)[C@H]1CC[C@H]2[C@@H]3CC[C@@H]4C[C@@](O)(CC)CC[C@@H]4[C@H]3CC[C@]12C. The largest absolute Gasteiger partial charge is 0.390 e. The molecule has 4 aliphatic rings. The van der Waals surface area contributed by atoms with Crippen molar-refractivity contribution in [1.82, 2.24) is 0 Å². The Bertz CT molecular complexity index is 510. The van der Waals surface area contributed by atoms with E-state index in [1.165, 1.54) is 50.5 Å². The van der Waals surface area contributed by atoms with Gasteiger partial charge in [0.05, 0.1) is 5.60 Å². The molecule has 0 aromatic carbocycles. The van der Waals surface area contributed by atoms with Crippen LogP contribution in [-0.2, 0) is 0 Å². The van der Waals surface area contributed by atoms with E-state index < -0.39 is 0 Å². The Morgan fingerprint density at radius 2 is 1.75 bits per heavy atom. The third-order valence-electron chi connectivity index (χ3n) is 9.36. The average molecular weight is 331 g/mol. The maximum absolute atomic E-state index is 10.8. The fourth-order valence-electron chi connectivity index (χ4n) is 8.09. The molecule has 4 fully saturated rings. The van der Waals surface area contributed by atoms with Gasteiger partial charge in [-0.1, -0.05) is 26.0 Å². The van der Waals surface area contributed by atoms with Gasteiger partial charge in [0.1, 0.15) is 0 Å². The second-order valence-corrected chi connectivity index (χ2v) is 10.3. The van der Waals surface area contributed by atoms with Crippen molar-refractivity contribution in [2.24, 2.45) is 40.9 Å². The molecule has 0 unspecified atom stereocenters. The summed E-state index contributed by atoms with van der Waals surface area (Å²) >= 11 is 0. The highest BCUT2D eigenvalue weighted by Gasteiger charge is 2.57. The van der Waals surface area contributed by atoms with Gasteiger partial charge in [-0.15, -0.1) is 0 Å².